The number of fused-ring (bicyclic) bond motifs is 2. The minimum atomic E-state index is -0.520. The minimum Gasteiger partial charge on any atom is -0.497 e. The summed E-state index contributed by atoms with van der Waals surface area (Å²) in [6.07, 6.45) is 1.37. The summed E-state index contributed by atoms with van der Waals surface area (Å²) in [5.41, 5.74) is 0.591. The third-order valence-corrected chi connectivity index (χ3v) is 5.12. The number of nitrogens with one attached hydrogen (secondary N) is 1. The Labute approximate surface area is 124 Å². The van der Waals surface area contributed by atoms with Gasteiger partial charge in [0, 0.05) is 43.3 Å². The fourth-order valence-electron chi connectivity index (χ4n) is 4.06. The van der Waals surface area contributed by atoms with E-state index in [-0.39, 0.29) is 11.8 Å². The number of carbonyl (C=O) groups excluding carboxylic acids is 1. The molecule has 1 N–H and O–H groups in total. The number of hydrogen-bond acceptors (Lipinski definition) is 4. The third-order valence-electron chi connectivity index (χ3n) is 5.12. The topological polar surface area (TPSA) is 50.8 Å². The minimum absolute atomic E-state index is 0.0919. The molecule has 1 aromatic rings. The summed E-state index contributed by atoms with van der Waals surface area (Å²) in [6.45, 7) is 1.89. The smallest absolute Gasteiger partial charge is 0.223 e. The summed E-state index contributed by atoms with van der Waals surface area (Å²) >= 11 is 0. The van der Waals surface area contributed by atoms with Crippen molar-refractivity contribution in [3.05, 3.63) is 23.8 Å². The zero-order valence-electron chi connectivity index (χ0n) is 12.4. The summed E-state index contributed by atoms with van der Waals surface area (Å²) in [7, 11) is 3.79. The van der Waals surface area contributed by atoms with Gasteiger partial charge in [-0.15, -0.1) is 0 Å². The van der Waals surface area contributed by atoms with Gasteiger partial charge in [0.15, 0.2) is 5.72 Å². The molecule has 3 unspecified atom stereocenters. The maximum atomic E-state index is 12.1. The lowest BCUT2D eigenvalue weighted by Gasteiger charge is -2.55. The Balaban J connectivity index is 1.83. The predicted molar refractivity (Wildman–Crippen MR) is 77.5 cm³/mol. The van der Waals surface area contributed by atoms with Crippen molar-refractivity contribution < 1.29 is 14.3 Å². The first kappa shape index (κ1) is 13.0. The fourth-order valence-corrected chi connectivity index (χ4v) is 4.06. The molecule has 3 aliphatic heterocycles. The van der Waals surface area contributed by atoms with E-state index in [9.17, 15) is 4.79 Å². The van der Waals surface area contributed by atoms with Crippen LogP contribution in [-0.2, 0) is 4.79 Å². The van der Waals surface area contributed by atoms with Crippen LogP contribution < -0.4 is 14.8 Å². The van der Waals surface area contributed by atoms with Crippen LogP contribution in [0, 0.1) is 5.92 Å². The van der Waals surface area contributed by atoms with E-state index in [1.807, 2.05) is 18.2 Å². The average Bonchev–Trinajstić information content (AvgIpc) is 2.47. The van der Waals surface area contributed by atoms with Gasteiger partial charge in [0.1, 0.15) is 11.5 Å². The zero-order chi connectivity index (χ0) is 14.6. The number of methoxy groups -OCH3 is 1. The van der Waals surface area contributed by atoms with Crippen molar-refractivity contribution in [2.75, 3.05) is 27.2 Å². The van der Waals surface area contributed by atoms with Crippen molar-refractivity contribution >= 4 is 5.91 Å². The molecule has 3 atom stereocenters. The Morgan fingerprint density at radius 1 is 1.48 bits per heavy atom. The van der Waals surface area contributed by atoms with Gasteiger partial charge >= 0.3 is 0 Å². The summed E-state index contributed by atoms with van der Waals surface area (Å²) in [5, 5.41) is 3.13. The second kappa shape index (κ2) is 4.37. The second-order valence-electron chi connectivity index (χ2n) is 6.37. The molecule has 0 radical (unpaired) electrons. The lowest BCUT2D eigenvalue weighted by molar-refractivity contribution is -0.152. The SMILES string of the molecule is COc1ccc2c(c1)C1CC(=O)NC3(CCN(C)CC13)O2. The van der Waals surface area contributed by atoms with Gasteiger partial charge in [-0.2, -0.15) is 0 Å². The van der Waals surface area contributed by atoms with Crippen LogP contribution in [0.15, 0.2) is 18.2 Å². The molecule has 1 aromatic carbocycles. The molecule has 5 nitrogen and oxygen atoms in total. The summed E-state index contributed by atoms with van der Waals surface area (Å²) < 4.78 is 11.6. The van der Waals surface area contributed by atoms with Gasteiger partial charge in [-0.05, 0) is 25.2 Å². The van der Waals surface area contributed by atoms with Gasteiger partial charge in [0.25, 0.3) is 0 Å². The number of carbonyl (C=O) groups is 1. The number of piperidine rings is 2. The Morgan fingerprint density at radius 3 is 3.14 bits per heavy atom. The molecule has 3 aliphatic rings. The number of amides is 1. The molecule has 0 spiro atoms. The fraction of sp³-hybridized carbons (Fsp3) is 0.562. The first-order valence-corrected chi connectivity index (χ1v) is 7.48. The maximum Gasteiger partial charge on any atom is 0.223 e. The van der Waals surface area contributed by atoms with E-state index < -0.39 is 5.72 Å². The molecule has 2 saturated heterocycles. The molecular weight excluding hydrogens is 268 g/mol. The van der Waals surface area contributed by atoms with E-state index >= 15 is 0 Å². The highest BCUT2D eigenvalue weighted by atomic mass is 16.5. The lowest BCUT2D eigenvalue weighted by atomic mass is 9.69. The molecule has 4 rings (SSSR count). The predicted octanol–water partition coefficient (Wildman–Crippen LogP) is 1.34. The summed E-state index contributed by atoms with van der Waals surface area (Å²) in [5.74, 6) is 2.31. The van der Waals surface area contributed by atoms with Crippen molar-refractivity contribution in [3.8, 4) is 11.5 Å². The van der Waals surface area contributed by atoms with Crippen LogP contribution in [-0.4, -0.2) is 43.8 Å². The van der Waals surface area contributed by atoms with Crippen LogP contribution in [0.3, 0.4) is 0 Å². The number of ether oxygens (including phenoxy) is 2. The van der Waals surface area contributed by atoms with E-state index in [1.165, 1.54) is 0 Å². The Bertz CT molecular complexity index is 603. The van der Waals surface area contributed by atoms with Crippen molar-refractivity contribution in [2.24, 2.45) is 5.92 Å². The number of likely N-dealkylation sites (tertiary alicyclic amines) is 1. The van der Waals surface area contributed by atoms with Gasteiger partial charge in [-0.1, -0.05) is 0 Å². The van der Waals surface area contributed by atoms with E-state index in [0.29, 0.717) is 12.3 Å². The van der Waals surface area contributed by atoms with Crippen LogP contribution in [0.25, 0.3) is 0 Å². The van der Waals surface area contributed by atoms with Gasteiger partial charge in [-0.25, -0.2) is 0 Å². The lowest BCUT2D eigenvalue weighted by Crippen LogP contribution is -2.69. The zero-order valence-corrected chi connectivity index (χ0v) is 12.4. The Hall–Kier alpha value is -1.75. The number of nitrogens with zero attached hydrogens (tertiary/aromatic N) is 1. The molecule has 2 fully saturated rings. The van der Waals surface area contributed by atoms with Gasteiger partial charge in [0.2, 0.25) is 5.91 Å². The van der Waals surface area contributed by atoms with Crippen LogP contribution in [0.1, 0.15) is 24.3 Å². The Morgan fingerprint density at radius 2 is 2.33 bits per heavy atom. The summed E-state index contributed by atoms with van der Waals surface area (Å²) in [6, 6.07) is 5.91. The van der Waals surface area contributed by atoms with Crippen LogP contribution >= 0.6 is 0 Å². The van der Waals surface area contributed by atoms with Crippen molar-refractivity contribution in [2.45, 2.75) is 24.5 Å². The molecule has 0 aliphatic carbocycles. The molecule has 0 saturated carbocycles. The average molecular weight is 288 g/mol. The van der Waals surface area contributed by atoms with E-state index in [2.05, 4.69) is 17.3 Å². The number of benzene rings is 1. The maximum absolute atomic E-state index is 12.1. The van der Waals surface area contributed by atoms with Crippen molar-refractivity contribution in [1.29, 1.82) is 0 Å². The third kappa shape index (κ3) is 1.83. The Kier molecular flexibility index (Phi) is 2.70. The highest BCUT2D eigenvalue weighted by Gasteiger charge is 2.56. The monoisotopic (exact) mass is 288 g/mol. The molecule has 21 heavy (non-hydrogen) atoms. The molecule has 1 amide bonds. The number of hydrogen-bond donors (Lipinski definition) is 1. The van der Waals surface area contributed by atoms with E-state index in [4.69, 9.17) is 9.47 Å². The quantitative estimate of drug-likeness (QED) is 0.847. The molecule has 3 heterocycles. The molecular formula is C16H20N2O3. The van der Waals surface area contributed by atoms with Crippen LogP contribution in [0.4, 0.5) is 0 Å². The molecule has 2 bridgehead atoms. The first-order chi connectivity index (χ1) is 10.1. The number of rotatable bonds is 1. The van der Waals surface area contributed by atoms with E-state index in [1.54, 1.807) is 7.11 Å². The van der Waals surface area contributed by atoms with Gasteiger partial charge in [-0.3, -0.25) is 4.79 Å². The normalized spacial score (nSPS) is 34.3. The van der Waals surface area contributed by atoms with Gasteiger partial charge < -0.3 is 19.7 Å². The van der Waals surface area contributed by atoms with Crippen molar-refractivity contribution in [1.82, 2.24) is 10.2 Å². The van der Waals surface area contributed by atoms with Crippen molar-refractivity contribution in [3.63, 3.8) is 0 Å². The first-order valence-electron chi connectivity index (χ1n) is 7.48. The molecule has 5 heteroatoms. The standard InChI is InChI=1S/C16H20N2O3/c1-18-6-5-16-13(9-18)11(8-15(19)17-16)12-7-10(20-2)3-4-14(12)21-16/h3-4,7,11,13H,5-6,8-9H2,1-2H3,(H,17,19). The second-order valence-corrected chi connectivity index (χ2v) is 6.37. The highest BCUT2D eigenvalue weighted by Crippen LogP contribution is 2.51. The van der Waals surface area contributed by atoms with Gasteiger partial charge in [0.05, 0.1) is 7.11 Å². The largest absolute Gasteiger partial charge is 0.497 e. The van der Waals surface area contributed by atoms with Crippen LogP contribution in [0.2, 0.25) is 0 Å². The molecule has 0 aromatic heterocycles. The van der Waals surface area contributed by atoms with E-state index in [0.717, 1.165) is 36.6 Å². The van der Waals surface area contributed by atoms with Crippen LogP contribution in [0.5, 0.6) is 11.5 Å². The highest BCUT2D eigenvalue weighted by molar-refractivity contribution is 5.80. The summed E-state index contributed by atoms with van der Waals surface area (Å²) in [4.78, 5) is 14.5. The molecule has 112 valence electrons.